The molecular formula is C31H54N2O5. The van der Waals surface area contributed by atoms with E-state index in [1.807, 2.05) is 19.9 Å². The van der Waals surface area contributed by atoms with Crippen molar-refractivity contribution in [1.29, 1.82) is 0 Å². The Bertz CT molecular complexity index is 830. The number of amides is 2. The summed E-state index contributed by atoms with van der Waals surface area (Å²) in [6.45, 7) is 13.8. The number of methoxy groups -OCH3 is 2. The van der Waals surface area contributed by atoms with E-state index in [9.17, 15) is 9.59 Å². The summed E-state index contributed by atoms with van der Waals surface area (Å²) in [5, 5.41) is 3.19. The monoisotopic (exact) mass is 534 g/mol. The number of ether oxygens (including phenoxy) is 3. The van der Waals surface area contributed by atoms with Gasteiger partial charge in [-0.15, -0.1) is 0 Å². The van der Waals surface area contributed by atoms with E-state index in [1.54, 1.807) is 14.2 Å². The third-order valence-electron chi connectivity index (χ3n) is 7.81. The maximum absolute atomic E-state index is 13.7. The molecular weight excluding hydrogens is 480 g/mol. The van der Waals surface area contributed by atoms with Gasteiger partial charge in [-0.3, -0.25) is 9.59 Å². The van der Waals surface area contributed by atoms with Crippen LogP contribution in [0.15, 0.2) is 18.2 Å². The van der Waals surface area contributed by atoms with Crippen LogP contribution in [0.2, 0.25) is 0 Å². The molecule has 0 spiro atoms. The average molecular weight is 535 g/mol. The number of hydrogen-bond donors (Lipinski definition) is 2. The van der Waals surface area contributed by atoms with Gasteiger partial charge in [-0.05, 0) is 54.7 Å². The quantitative estimate of drug-likeness (QED) is 0.202. The second-order valence-corrected chi connectivity index (χ2v) is 11.4. The van der Waals surface area contributed by atoms with E-state index in [-0.39, 0.29) is 42.0 Å². The van der Waals surface area contributed by atoms with Gasteiger partial charge in [0.25, 0.3) is 0 Å². The number of primary amides is 1. The minimum absolute atomic E-state index is 0.0544. The fraction of sp³-hybridized carbons (Fsp3) is 0.742. The normalized spacial score (nSPS) is 12.7. The zero-order valence-electron chi connectivity index (χ0n) is 25.2. The first-order valence-electron chi connectivity index (χ1n) is 14.4. The summed E-state index contributed by atoms with van der Waals surface area (Å²) in [6.07, 6.45) is 7.04. The topological polar surface area (TPSA) is 99.9 Å². The SMILES string of the molecule is COCCCOc1cc(CCCCCCC(C(=O)N[C@H](CC(N)=O)C(C)C)(C(C)C)C(C)C)ccc1OC. The van der Waals surface area contributed by atoms with Crippen LogP contribution in [0.3, 0.4) is 0 Å². The summed E-state index contributed by atoms with van der Waals surface area (Å²) in [5.41, 5.74) is 6.21. The zero-order chi connectivity index (χ0) is 28.7. The van der Waals surface area contributed by atoms with Crippen LogP contribution in [0, 0.1) is 23.2 Å². The van der Waals surface area contributed by atoms with E-state index < -0.39 is 5.41 Å². The van der Waals surface area contributed by atoms with Crippen molar-refractivity contribution >= 4 is 11.8 Å². The molecule has 0 fully saturated rings. The lowest BCUT2D eigenvalue weighted by molar-refractivity contribution is -0.139. The molecule has 1 rings (SSSR count). The lowest BCUT2D eigenvalue weighted by Gasteiger charge is -2.41. The first-order valence-corrected chi connectivity index (χ1v) is 14.4. The Morgan fingerprint density at radius 1 is 0.895 bits per heavy atom. The van der Waals surface area contributed by atoms with Gasteiger partial charge in [0.15, 0.2) is 11.5 Å². The minimum Gasteiger partial charge on any atom is -0.493 e. The Hall–Kier alpha value is -2.28. The smallest absolute Gasteiger partial charge is 0.226 e. The number of nitrogens with two attached hydrogens (primary N) is 1. The largest absolute Gasteiger partial charge is 0.493 e. The Morgan fingerprint density at radius 2 is 1.55 bits per heavy atom. The number of benzene rings is 1. The highest BCUT2D eigenvalue weighted by atomic mass is 16.5. The summed E-state index contributed by atoms with van der Waals surface area (Å²) in [5.74, 6) is 1.71. The molecule has 0 saturated heterocycles. The maximum Gasteiger partial charge on any atom is 0.226 e. The van der Waals surface area contributed by atoms with Crippen LogP contribution in [0.4, 0.5) is 0 Å². The van der Waals surface area contributed by atoms with Crippen LogP contribution >= 0.6 is 0 Å². The van der Waals surface area contributed by atoms with Crippen molar-refractivity contribution in [2.24, 2.45) is 28.9 Å². The molecule has 0 aliphatic heterocycles. The molecule has 1 aromatic rings. The summed E-state index contributed by atoms with van der Waals surface area (Å²) in [7, 11) is 3.35. The summed E-state index contributed by atoms with van der Waals surface area (Å²) >= 11 is 0. The number of unbranched alkanes of at least 4 members (excludes halogenated alkanes) is 3. The molecule has 7 heteroatoms. The van der Waals surface area contributed by atoms with Crippen molar-refractivity contribution in [2.45, 2.75) is 99.0 Å². The van der Waals surface area contributed by atoms with Gasteiger partial charge >= 0.3 is 0 Å². The van der Waals surface area contributed by atoms with E-state index in [2.05, 4.69) is 45.1 Å². The van der Waals surface area contributed by atoms with Crippen molar-refractivity contribution < 1.29 is 23.8 Å². The third-order valence-corrected chi connectivity index (χ3v) is 7.81. The molecule has 0 heterocycles. The van der Waals surface area contributed by atoms with Crippen LogP contribution in [0.25, 0.3) is 0 Å². The summed E-state index contributed by atoms with van der Waals surface area (Å²) in [6, 6.07) is 5.91. The molecule has 1 aromatic carbocycles. The number of carbonyl (C=O) groups is 2. The molecule has 3 N–H and O–H groups in total. The molecule has 0 aliphatic rings. The van der Waals surface area contributed by atoms with Gasteiger partial charge in [-0.2, -0.15) is 0 Å². The van der Waals surface area contributed by atoms with Crippen molar-refractivity contribution in [3.05, 3.63) is 23.8 Å². The van der Waals surface area contributed by atoms with Gasteiger partial charge in [0.1, 0.15) is 0 Å². The van der Waals surface area contributed by atoms with Gasteiger partial charge in [-0.25, -0.2) is 0 Å². The van der Waals surface area contributed by atoms with Gasteiger partial charge in [-0.1, -0.05) is 66.9 Å². The number of nitrogens with one attached hydrogen (secondary N) is 1. The number of rotatable bonds is 20. The second kappa shape index (κ2) is 17.3. The van der Waals surface area contributed by atoms with Gasteiger partial charge in [0, 0.05) is 32.6 Å². The van der Waals surface area contributed by atoms with Crippen molar-refractivity contribution in [3.63, 3.8) is 0 Å². The number of aryl methyl sites for hydroxylation is 1. The fourth-order valence-electron chi connectivity index (χ4n) is 5.33. The Balaban J connectivity index is 2.70. The Kier molecular flexibility index (Phi) is 15.4. The molecule has 218 valence electrons. The van der Waals surface area contributed by atoms with Gasteiger partial charge in [0.2, 0.25) is 11.8 Å². The molecule has 7 nitrogen and oxygen atoms in total. The van der Waals surface area contributed by atoms with Crippen LogP contribution in [0.5, 0.6) is 11.5 Å². The highest BCUT2D eigenvalue weighted by Gasteiger charge is 2.44. The van der Waals surface area contributed by atoms with Crippen LogP contribution in [0.1, 0.15) is 92.1 Å². The van der Waals surface area contributed by atoms with Crippen molar-refractivity contribution in [2.75, 3.05) is 27.4 Å². The highest BCUT2D eigenvalue weighted by molar-refractivity contribution is 5.84. The second-order valence-electron chi connectivity index (χ2n) is 11.4. The van der Waals surface area contributed by atoms with E-state index in [4.69, 9.17) is 19.9 Å². The first-order chi connectivity index (χ1) is 18.0. The number of carbonyl (C=O) groups excluding carboxylic acids is 2. The molecule has 0 aromatic heterocycles. The molecule has 0 saturated carbocycles. The van der Waals surface area contributed by atoms with Gasteiger partial charge in [0.05, 0.1) is 19.1 Å². The summed E-state index contributed by atoms with van der Waals surface area (Å²) in [4.78, 5) is 25.2. The van der Waals surface area contributed by atoms with E-state index in [1.165, 1.54) is 5.56 Å². The molecule has 0 bridgehead atoms. The van der Waals surface area contributed by atoms with E-state index >= 15 is 0 Å². The standard InChI is InChI=1S/C31H54N2O5/c1-22(2)26(21-29(32)34)33-30(35)31(23(3)4,24(5)6)17-12-10-9-11-14-25-15-16-27(37-8)28(20-25)38-19-13-18-36-7/h15-16,20,22-24,26H,9-14,17-19,21H2,1-8H3,(H2,32,34)(H,33,35)/t26-/m1/s1. The molecule has 2 amide bonds. The molecule has 0 unspecified atom stereocenters. The molecule has 38 heavy (non-hydrogen) atoms. The van der Waals surface area contributed by atoms with Crippen molar-refractivity contribution in [1.82, 2.24) is 5.32 Å². The predicted octanol–water partition coefficient (Wildman–Crippen LogP) is 5.92. The first kappa shape index (κ1) is 33.7. The van der Waals surface area contributed by atoms with Crippen molar-refractivity contribution in [3.8, 4) is 11.5 Å². The van der Waals surface area contributed by atoms with E-state index in [0.717, 1.165) is 56.4 Å². The summed E-state index contributed by atoms with van der Waals surface area (Å²) < 4.78 is 16.5. The minimum atomic E-state index is -0.476. The van der Waals surface area contributed by atoms with Gasteiger partial charge < -0.3 is 25.3 Å². The van der Waals surface area contributed by atoms with Crippen LogP contribution < -0.4 is 20.5 Å². The highest BCUT2D eigenvalue weighted by Crippen LogP contribution is 2.41. The van der Waals surface area contributed by atoms with E-state index in [0.29, 0.717) is 13.2 Å². The zero-order valence-corrected chi connectivity index (χ0v) is 25.2. The molecule has 1 atom stereocenters. The maximum atomic E-state index is 13.7. The molecule has 0 aliphatic carbocycles. The average Bonchev–Trinajstić information content (AvgIpc) is 2.85. The third kappa shape index (κ3) is 10.5. The Labute approximate surface area is 231 Å². The van der Waals surface area contributed by atoms with Crippen LogP contribution in [-0.4, -0.2) is 45.3 Å². The lowest BCUT2D eigenvalue weighted by atomic mass is 9.65. The fourth-order valence-corrected chi connectivity index (χ4v) is 5.33. The molecule has 0 radical (unpaired) electrons. The van der Waals surface area contributed by atoms with Crippen LogP contribution in [-0.2, 0) is 20.7 Å². The number of hydrogen-bond acceptors (Lipinski definition) is 5. The lowest BCUT2D eigenvalue weighted by Crippen LogP contribution is -2.53. The predicted molar refractivity (Wildman–Crippen MR) is 154 cm³/mol. The Morgan fingerprint density at radius 3 is 2.11 bits per heavy atom.